The number of carbonyl (C=O) groups excluding carboxylic acids is 2. The Bertz CT molecular complexity index is 669. The summed E-state index contributed by atoms with van der Waals surface area (Å²) in [6, 6.07) is 9.23. The molecule has 2 aromatic rings. The largest absolute Gasteiger partial charge is 0.278 e. The van der Waals surface area contributed by atoms with E-state index in [0.717, 1.165) is 11.3 Å². The van der Waals surface area contributed by atoms with Crippen LogP contribution in [0.5, 0.6) is 0 Å². The first-order valence-electron chi connectivity index (χ1n) is 6.92. The van der Waals surface area contributed by atoms with Crippen molar-refractivity contribution in [2.75, 3.05) is 4.90 Å². The Morgan fingerprint density at radius 2 is 1.86 bits per heavy atom. The van der Waals surface area contributed by atoms with Gasteiger partial charge in [0.2, 0.25) is 11.8 Å². The van der Waals surface area contributed by atoms with E-state index in [1.165, 1.54) is 4.90 Å². The summed E-state index contributed by atoms with van der Waals surface area (Å²) in [5.74, 6) is -0.281. The highest BCUT2D eigenvalue weighted by Crippen LogP contribution is 2.34. The molecule has 2 heterocycles. The summed E-state index contributed by atoms with van der Waals surface area (Å²) in [4.78, 5) is 25.9. The number of aromatic nitrogens is 2. The van der Waals surface area contributed by atoms with Crippen molar-refractivity contribution in [2.45, 2.75) is 26.7 Å². The minimum Gasteiger partial charge on any atom is -0.278 e. The van der Waals surface area contributed by atoms with Crippen molar-refractivity contribution in [1.82, 2.24) is 10.2 Å². The van der Waals surface area contributed by atoms with Crippen molar-refractivity contribution in [1.29, 1.82) is 0 Å². The molecule has 0 spiro atoms. The van der Waals surface area contributed by atoms with Crippen LogP contribution < -0.4 is 4.90 Å². The smallest absolute Gasteiger partial charge is 0.234 e. The van der Waals surface area contributed by atoms with E-state index >= 15 is 0 Å². The van der Waals surface area contributed by atoms with Crippen LogP contribution in [0, 0.1) is 5.41 Å². The minimum absolute atomic E-state index is 0.141. The van der Waals surface area contributed by atoms with Crippen molar-refractivity contribution in [3.8, 4) is 11.3 Å². The van der Waals surface area contributed by atoms with Crippen molar-refractivity contribution >= 4 is 17.5 Å². The molecule has 1 aromatic heterocycles. The molecule has 0 radical (unpaired) electrons. The first-order chi connectivity index (χ1) is 9.96. The second-order valence-corrected chi connectivity index (χ2v) is 6.16. The van der Waals surface area contributed by atoms with Gasteiger partial charge in [0.15, 0.2) is 0 Å². The fourth-order valence-electron chi connectivity index (χ4n) is 2.70. The lowest BCUT2D eigenvalue weighted by Crippen LogP contribution is -2.46. The van der Waals surface area contributed by atoms with Gasteiger partial charge in [0.1, 0.15) is 0 Å². The zero-order valence-electron chi connectivity index (χ0n) is 12.1. The van der Waals surface area contributed by atoms with Crippen LogP contribution >= 0.6 is 0 Å². The fourth-order valence-corrected chi connectivity index (χ4v) is 2.70. The van der Waals surface area contributed by atoms with Crippen LogP contribution in [0.1, 0.15) is 26.7 Å². The Morgan fingerprint density at radius 1 is 1.14 bits per heavy atom. The third kappa shape index (κ3) is 2.59. The molecule has 2 amide bonds. The van der Waals surface area contributed by atoms with Gasteiger partial charge in [-0.3, -0.25) is 19.6 Å². The number of benzene rings is 1. The normalized spacial score (nSPS) is 18.1. The SMILES string of the molecule is CC1(C)CC(=O)N(c2cccc(-c3ccn[nH]3)c2)C(=O)C1. The average Bonchev–Trinajstić information content (AvgIpc) is 2.90. The number of hydrogen-bond acceptors (Lipinski definition) is 3. The molecule has 0 saturated carbocycles. The highest BCUT2D eigenvalue weighted by molar-refractivity contribution is 6.17. The molecular formula is C16H17N3O2. The third-order valence-electron chi connectivity index (χ3n) is 3.67. The van der Waals surface area contributed by atoms with Crippen LogP contribution in [0.4, 0.5) is 5.69 Å². The summed E-state index contributed by atoms with van der Waals surface area (Å²) >= 11 is 0. The molecule has 5 nitrogen and oxygen atoms in total. The van der Waals surface area contributed by atoms with E-state index in [9.17, 15) is 9.59 Å². The summed E-state index contributed by atoms with van der Waals surface area (Å²) in [6.45, 7) is 3.89. The lowest BCUT2D eigenvalue weighted by molar-refractivity contribution is -0.132. The van der Waals surface area contributed by atoms with E-state index in [1.807, 2.05) is 38.1 Å². The molecule has 0 aliphatic carbocycles. The number of carbonyl (C=O) groups is 2. The predicted octanol–water partition coefficient (Wildman–Crippen LogP) is 2.76. The number of hydrogen-bond donors (Lipinski definition) is 1. The molecule has 0 bridgehead atoms. The van der Waals surface area contributed by atoms with Gasteiger partial charge >= 0.3 is 0 Å². The zero-order chi connectivity index (χ0) is 15.0. The number of nitrogens with one attached hydrogen (secondary N) is 1. The molecule has 1 aliphatic heterocycles. The molecule has 108 valence electrons. The number of rotatable bonds is 2. The highest BCUT2D eigenvalue weighted by atomic mass is 16.2. The van der Waals surface area contributed by atoms with Crippen molar-refractivity contribution < 1.29 is 9.59 Å². The molecule has 5 heteroatoms. The molecule has 1 aliphatic rings. The summed E-state index contributed by atoms with van der Waals surface area (Å²) in [7, 11) is 0. The monoisotopic (exact) mass is 283 g/mol. The van der Waals surface area contributed by atoms with E-state index in [-0.39, 0.29) is 17.2 Å². The summed E-state index contributed by atoms with van der Waals surface area (Å²) < 4.78 is 0. The number of piperidine rings is 1. The highest BCUT2D eigenvalue weighted by Gasteiger charge is 2.38. The van der Waals surface area contributed by atoms with Crippen LogP contribution in [0.25, 0.3) is 11.3 Å². The molecule has 0 unspecified atom stereocenters. The van der Waals surface area contributed by atoms with Crippen molar-refractivity contribution in [3.05, 3.63) is 36.5 Å². The Balaban J connectivity index is 1.96. The van der Waals surface area contributed by atoms with Crippen LogP contribution in [-0.2, 0) is 9.59 Å². The van der Waals surface area contributed by atoms with Crippen LogP contribution in [0.15, 0.2) is 36.5 Å². The van der Waals surface area contributed by atoms with Gasteiger partial charge in [0.25, 0.3) is 0 Å². The van der Waals surface area contributed by atoms with E-state index in [2.05, 4.69) is 10.2 Å². The number of H-pyrrole nitrogens is 1. The fraction of sp³-hybridized carbons (Fsp3) is 0.312. The van der Waals surface area contributed by atoms with Crippen LogP contribution in [0.2, 0.25) is 0 Å². The van der Waals surface area contributed by atoms with E-state index in [1.54, 1.807) is 12.3 Å². The molecular weight excluding hydrogens is 266 g/mol. The zero-order valence-corrected chi connectivity index (χ0v) is 12.1. The van der Waals surface area contributed by atoms with Gasteiger partial charge in [-0.05, 0) is 23.6 Å². The van der Waals surface area contributed by atoms with E-state index < -0.39 is 0 Å². The maximum absolute atomic E-state index is 12.3. The second-order valence-electron chi connectivity index (χ2n) is 6.16. The lowest BCUT2D eigenvalue weighted by Gasteiger charge is -2.34. The molecule has 1 N–H and O–H groups in total. The molecule has 3 rings (SSSR count). The Kier molecular flexibility index (Phi) is 3.12. The summed E-state index contributed by atoms with van der Waals surface area (Å²) in [6.07, 6.45) is 2.43. The number of aromatic amines is 1. The van der Waals surface area contributed by atoms with Gasteiger partial charge in [-0.1, -0.05) is 26.0 Å². The molecule has 1 saturated heterocycles. The summed E-state index contributed by atoms with van der Waals surface area (Å²) in [5.41, 5.74) is 2.11. The van der Waals surface area contributed by atoms with Crippen LogP contribution in [0.3, 0.4) is 0 Å². The molecule has 0 atom stereocenters. The van der Waals surface area contributed by atoms with Gasteiger partial charge in [-0.2, -0.15) is 5.10 Å². The first-order valence-corrected chi connectivity index (χ1v) is 6.92. The topological polar surface area (TPSA) is 66.1 Å². The first kappa shape index (κ1) is 13.5. The third-order valence-corrected chi connectivity index (χ3v) is 3.67. The van der Waals surface area contributed by atoms with Gasteiger partial charge in [-0.25, -0.2) is 0 Å². The minimum atomic E-state index is -0.258. The number of nitrogens with zero attached hydrogens (tertiary/aromatic N) is 2. The second kappa shape index (κ2) is 4.84. The number of imide groups is 1. The predicted molar refractivity (Wildman–Crippen MR) is 79.5 cm³/mol. The van der Waals surface area contributed by atoms with E-state index in [0.29, 0.717) is 18.5 Å². The number of amides is 2. The Morgan fingerprint density at radius 3 is 2.48 bits per heavy atom. The van der Waals surface area contributed by atoms with Gasteiger partial charge in [0.05, 0.1) is 11.4 Å². The maximum Gasteiger partial charge on any atom is 0.234 e. The van der Waals surface area contributed by atoms with Crippen molar-refractivity contribution in [2.24, 2.45) is 5.41 Å². The van der Waals surface area contributed by atoms with Crippen LogP contribution in [-0.4, -0.2) is 22.0 Å². The molecule has 21 heavy (non-hydrogen) atoms. The lowest BCUT2D eigenvalue weighted by atomic mass is 9.81. The Hall–Kier alpha value is -2.43. The average molecular weight is 283 g/mol. The van der Waals surface area contributed by atoms with E-state index in [4.69, 9.17) is 0 Å². The standard InChI is InChI=1S/C16H17N3O2/c1-16(2)9-14(20)19(15(21)10-16)12-5-3-4-11(8-12)13-6-7-17-18-13/h3-8H,9-10H2,1-2H3,(H,17,18). The van der Waals surface area contributed by atoms with Gasteiger partial charge in [0, 0.05) is 24.6 Å². The summed E-state index contributed by atoms with van der Waals surface area (Å²) in [5, 5.41) is 6.80. The van der Waals surface area contributed by atoms with Gasteiger partial charge in [-0.15, -0.1) is 0 Å². The molecule has 1 fully saturated rings. The maximum atomic E-state index is 12.3. The number of anilines is 1. The quantitative estimate of drug-likeness (QED) is 0.862. The van der Waals surface area contributed by atoms with Crippen molar-refractivity contribution in [3.63, 3.8) is 0 Å². The Labute approximate surface area is 123 Å². The molecule has 1 aromatic carbocycles. The van der Waals surface area contributed by atoms with Gasteiger partial charge < -0.3 is 0 Å².